The Morgan fingerprint density at radius 1 is 0.344 bits per heavy atom. The fourth-order valence-electron chi connectivity index (χ4n) is 7.39. The van der Waals surface area contributed by atoms with Gasteiger partial charge in [-0.1, -0.05) is 217 Å². The summed E-state index contributed by atoms with van der Waals surface area (Å²) >= 11 is 0. The van der Waals surface area contributed by atoms with Crippen molar-refractivity contribution in [1.29, 1.82) is 0 Å². The molecule has 0 fully saturated rings. The van der Waals surface area contributed by atoms with Crippen molar-refractivity contribution >= 4 is 17.9 Å². The topological polar surface area (TPSA) is 78.9 Å². The van der Waals surface area contributed by atoms with E-state index in [0.717, 1.165) is 103 Å². The van der Waals surface area contributed by atoms with Crippen LogP contribution in [0.5, 0.6) is 0 Å². The summed E-state index contributed by atoms with van der Waals surface area (Å²) in [5.74, 6) is -0.898. The highest BCUT2D eigenvalue weighted by Gasteiger charge is 2.19. The molecule has 0 amide bonds. The van der Waals surface area contributed by atoms with E-state index in [-0.39, 0.29) is 31.1 Å². The number of unbranched alkanes of at least 4 members (excludes halogenated alkanes) is 28. The normalized spacial score (nSPS) is 12.4. The Morgan fingerprint density at radius 3 is 1.03 bits per heavy atom. The van der Waals surface area contributed by atoms with Crippen LogP contribution >= 0.6 is 0 Å². The molecule has 61 heavy (non-hydrogen) atoms. The summed E-state index contributed by atoms with van der Waals surface area (Å²) in [6.07, 6.45) is 59.5. The quantitative estimate of drug-likeness (QED) is 0.0263. The fourth-order valence-corrected chi connectivity index (χ4v) is 7.39. The zero-order valence-corrected chi connectivity index (χ0v) is 40.4. The van der Waals surface area contributed by atoms with E-state index in [1.54, 1.807) is 0 Å². The molecule has 6 nitrogen and oxygen atoms in total. The van der Waals surface area contributed by atoms with E-state index in [4.69, 9.17) is 14.2 Å². The maximum atomic E-state index is 12.8. The van der Waals surface area contributed by atoms with Crippen LogP contribution in [0.2, 0.25) is 0 Å². The maximum absolute atomic E-state index is 12.8. The zero-order valence-electron chi connectivity index (χ0n) is 40.4. The Balaban J connectivity index is 4.39. The van der Waals surface area contributed by atoms with Crippen molar-refractivity contribution in [3.63, 3.8) is 0 Å². The van der Waals surface area contributed by atoms with Gasteiger partial charge in [-0.05, 0) is 77.0 Å². The van der Waals surface area contributed by atoms with E-state index < -0.39 is 6.10 Å². The second-order valence-electron chi connectivity index (χ2n) is 17.4. The predicted octanol–water partition coefficient (Wildman–Crippen LogP) is 17.1. The lowest BCUT2D eigenvalue weighted by molar-refractivity contribution is -0.167. The summed E-state index contributed by atoms with van der Waals surface area (Å²) in [7, 11) is 0. The molecule has 0 aliphatic heterocycles. The second kappa shape index (κ2) is 50.0. The molecule has 0 aromatic carbocycles. The van der Waals surface area contributed by atoms with Crippen molar-refractivity contribution in [1.82, 2.24) is 0 Å². The highest BCUT2D eigenvalue weighted by Crippen LogP contribution is 2.15. The van der Waals surface area contributed by atoms with Gasteiger partial charge >= 0.3 is 17.9 Å². The lowest BCUT2D eigenvalue weighted by atomic mass is 10.0. The zero-order chi connectivity index (χ0) is 44.4. The predicted molar refractivity (Wildman–Crippen MR) is 261 cm³/mol. The van der Waals surface area contributed by atoms with Crippen LogP contribution in [0.4, 0.5) is 0 Å². The summed E-state index contributed by atoms with van der Waals surface area (Å²) in [4.78, 5) is 38.0. The van der Waals surface area contributed by atoms with E-state index >= 15 is 0 Å². The summed E-state index contributed by atoms with van der Waals surface area (Å²) in [5.41, 5.74) is 0. The van der Waals surface area contributed by atoms with Gasteiger partial charge in [-0.25, -0.2) is 0 Å². The van der Waals surface area contributed by atoms with Gasteiger partial charge < -0.3 is 14.2 Å². The van der Waals surface area contributed by atoms with Crippen molar-refractivity contribution < 1.29 is 28.6 Å². The molecule has 0 unspecified atom stereocenters. The van der Waals surface area contributed by atoms with Crippen LogP contribution in [-0.4, -0.2) is 37.2 Å². The number of esters is 3. The molecule has 0 aliphatic carbocycles. The first-order valence-corrected chi connectivity index (χ1v) is 26.1. The van der Waals surface area contributed by atoms with Gasteiger partial charge in [-0.3, -0.25) is 14.4 Å². The third-order valence-corrected chi connectivity index (χ3v) is 11.3. The highest BCUT2D eigenvalue weighted by molar-refractivity contribution is 5.71. The second-order valence-corrected chi connectivity index (χ2v) is 17.4. The Bertz CT molecular complexity index is 1070. The van der Waals surface area contributed by atoms with Crippen molar-refractivity contribution in [2.75, 3.05) is 13.2 Å². The molecule has 0 heterocycles. The smallest absolute Gasteiger partial charge is 0.306 e. The van der Waals surface area contributed by atoms with Gasteiger partial charge in [-0.15, -0.1) is 0 Å². The average molecular weight is 855 g/mol. The first-order valence-electron chi connectivity index (χ1n) is 26.1. The van der Waals surface area contributed by atoms with Crippen molar-refractivity contribution in [2.24, 2.45) is 0 Å². The monoisotopic (exact) mass is 855 g/mol. The number of hydrogen-bond donors (Lipinski definition) is 0. The van der Waals surface area contributed by atoms with E-state index in [1.807, 2.05) is 0 Å². The van der Waals surface area contributed by atoms with Gasteiger partial charge in [0.25, 0.3) is 0 Å². The fraction of sp³-hybridized carbons (Fsp3) is 0.800. The van der Waals surface area contributed by atoms with Crippen LogP contribution in [-0.2, 0) is 28.6 Å². The molecule has 0 spiro atoms. The molecule has 1 atom stereocenters. The lowest BCUT2D eigenvalue weighted by Gasteiger charge is -2.18. The largest absolute Gasteiger partial charge is 0.462 e. The summed E-state index contributed by atoms with van der Waals surface area (Å²) in [6, 6.07) is 0. The van der Waals surface area contributed by atoms with Crippen LogP contribution in [0.3, 0.4) is 0 Å². The molecule has 354 valence electrons. The average Bonchev–Trinajstić information content (AvgIpc) is 3.26. The van der Waals surface area contributed by atoms with Crippen LogP contribution in [0.15, 0.2) is 48.6 Å². The first-order chi connectivity index (χ1) is 30.0. The van der Waals surface area contributed by atoms with Crippen LogP contribution in [0.25, 0.3) is 0 Å². The molecule has 0 N–H and O–H groups in total. The molecular formula is C55H98O6. The Labute approximate surface area is 378 Å². The van der Waals surface area contributed by atoms with Crippen molar-refractivity contribution in [2.45, 2.75) is 271 Å². The van der Waals surface area contributed by atoms with Crippen molar-refractivity contribution in [3.8, 4) is 0 Å². The highest BCUT2D eigenvalue weighted by atomic mass is 16.6. The number of ether oxygens (including phenoxy) is 3. The molecule has 6 heteroatoms. The van der Waals surface area contributed by atoms with Gasteiger partial charge in [0.1, 0.15) is 13.2 Å². The van der Waals surface area contributed by atoms with E-state index in [9.17, 15) is 14.4 Å². The van der Waals surface area contributed by atoms with Crippen molar-refractivity contribution in [3.05, 3.63) is 48.6 Å². The minimum Gasteiger partial charge on any atom is -0.462 e. The lowest BCUT2D eigenvalue weighted by Crippen LogP contribution is -2.30. The number of hydrogen-bond acceptors (Lipinski definition) is 6. The third-order valence-electron chi connectivity index (χ3n) is 11.3. The van der Waals surface area contributed by atoms with Crippen LogP contribution in [0, 0.1) is 0 Å². The number of carbonyl (C=O) groups excluding carboxylic acids is 3. The Morgan fingerprint density at radius 2 is 0.639 bits per heavy atom. The van der Waals surface area contributed by atoms with Gasteiger partial charge in [-0.2, -0.15) is 0 Å². The molecule has 0 aliphatic rings. The van der Waals surface area contributed by atoms with Gasteiger partial charge in [0, 0.05) is 19.3 Å². The van der Waals surface area contributed by atoms with E-state index in [1.165, 1.54) is 122 Å². The van der Waals surface area contributed by atoms with E-state index in [2.05, 4.69) is 69.4 Å². The maximum Gasteiger partial charge on any atom is 0.306 e. The van der Waals surface area contributed by atoms with Crippen LogP contribution in [0.1, 0.15) is 265 Å². The number of carbonyl (C=O) groups is 3. The third kappa shape index (κ3) is 48.3. The first kappa shape index (κ1) is 58.4. The molecular weight excluding hydrogens is 757 g/mol. The molecule has 0 bridgehead atoms. The van der Waals surface area contributed by atoms with E-state index in [0.29, 0.717) is 19.3 Å². The van der Waals surface area contributed by atoms with Gasteiger partial charge in [0.2, 0.25) is 0 Å². The summed E-state index contributed by atoms with van der Waals surface area (Å²) in [5, 5.41) is 0. The standard InChI is InChI=1S/C55H98O6/c1-4-7-10-13-16-19-22-25-27-30-33-36-39-42-45-48-54(57)60-51-52(50-59-53(56)47-44-41-38-35-32-29-24-21-18-15-12-9-6-3)61-55(58)49-46-43-40-37-34-31-28-26-23-20-17-14-11-8-5-2/h8,11,17,20-21,24,26,28,52H,4-7,9-10,12-16,18-19,22-23,25,27,29-51H2,1-3H3/b11-8-,20-17-,24-21-,28-26-/t52-/m1/s1. The Hall–Kier alpha value is -2.63. The van der Waals surface area contributed by atoms with Gasteiger partial charge in [0.05, 0.1) is 0 Å². The number of rotatable bonds is 47. The van der Waals surface area contributed by atoms with Gasteiger partial charge in [0.15, 0.2) is 6.10 Å². The molecule has 0 aromatic heterocycles. The SMILES string of the molecule is CC/C=C\C/C=C\C/C=C\CCCCCCCC(=O)O[C@H](COC(=O)CCCCCCC/C=C\CCCCCC)COC(=O)CCCCCCCCCCCCCCCCC. The van der Waals surface area contributed by atoms with Crippen LogP contribution < -0.4 is 0 Å². The summed E-state index contributed by atoms with van der Waals surface area (Å²) < 4.78 is 16.8. The molecule has 0 rings (SSSR count). The summed E-state index contributed by atoms with van der Waals surface area (Å²) in [6.45, 7) is 6.51. The molecule has 0 saturated carbocycles. The molecule has 0 radical (unpaired) electrons. The molecule has 0 aromatic rings. The minimum atomic E-state index is -0.782. The molecule has 0 saturated heterocycles. The minimum absolute atomic E-state index is 0.0804. The Kier molecular flexibility index (Phi) is 47.9. The number of allylic oxidation sites excluding steroid dienone is 8.